The number of fused-ring (bicyclic) bond motifs is 1. The maximum absolute atomic E-state index is 14.0. The Morgan fingerprint density at radius 2 is 2.14 bits per heavy atom. The molecule has 3 rings (SSSR count). The van der Waals surface area contributed by atoms with Crippen LogP contribution < -0.4 is 11.1 Å². The predicted molar refractivity (Wildman–Crippen MR) is 81.8 cm³/mol. The number of benzene rings is 1. The predicted octanol–water partition coefficient (Wildman–Crippen LogP) is 1.13. The fourth-order valence-electron chi connectivity index (χ4n) is 2.83. The maximum Gasteiger partial charge on any atom is 0.231 e. The molecule has 1 aliphatic rings. The van der Waals surface area contributed by atoms with E-state index in [4.69, 9.17) is 5.73 Å². The molecule has 6 nitrogen and oxygen atoms in total. The smallest absolute Gasteiger partial charge is 0.231 e. The van der Waals surface area contributed by atoms with Crippen molar-refractivity contribution in [1.29, 1.82) is 0 Å². The Hall–Kier alpha value is -2.28. The molecule has 0 radical (unpaired) electrons. The zero-order valence-electron chi connectivity index (χ0n) is 12.1. The van der Waals surface area contributed by atoms with Gasteiger partial charge in [0.2, 0.25) is 5.91 Å². The van der Waals surface area contributed by atoms with Crippen molar-refractivity contribution < 1.29 is 9.18 Å². The lowest BCUT2D eigenvalue weighted by atomic mass is 10.0. The summed E-state index contributed by atoms with van der Waals surface area (Å²) in [7, 11) is 0. The van der Waals surface area contributed by atoms with Gasteiger partial charge in [-0.1, -0.05) is 6.07 Å². The van der Waals surface area contributed by atoms with Crippen molar-refractivity contribution in [2.75, 3.05) is 25.0 Å². The highest BCUT2D eigenvalue weighted by atomic mass is 19.1. The molecule has 1 aromatic heterocycles. The van der Waals surface area contributed by atoms with Crippen molar-refractivity contribution in [2.45, 2.75) is 18.9 Å². The molecule has 22 heavy (non-hydrogen) atoms. The summed E-state index contributed by atoms with van der Waals surface area (Å²) < 4.78 is 14.0. The van der Waals surface area contributed by atoms with Gasteiger partial charge in [0.25, 0.3) is 0 Å². The van der Waals surface area contributed by atoms with Crippen LogP contribution in [0.1, 0.15) is 12.8 Å². The topological polar surface area (TPSA) is 84.1 Å². The van der Waals surface area contributed by atoms with Crippen LogP contribution in [0.2, 0.25) is 0 Å². The Morgan fingerprint density at radius 3 is 2.86 bits per heavy atom. The van der Waals surface area contributed by atoms with Crippen LogP contribution in [-0.4, -0.2) is 46.5 Å². The third-order valence-corrected chi connectivity index (χ3v) is 3.92. The first-order chi connectivity index (χ1) is 10.6. The first kappa shape index (κ1) is 14.6. The summed E-state index contributed by atoms with van der Waals surface area (Å²) in [6, 6.07) is 5.01. The number of carbonyl (C=O) groups is 1. The second kappa shape index (κ2) is 6.23. The van der Waals surface area contributed by atoms with Crippen LogP contribution in [-0.2, 0) is 4.79 Å². The van der Waals surface area contributed by atoms with Crippen molar-refractivity contribution in [3.8, 4) is 0 Å². The SMILES string of the molecule is NC(=O)CN1CCC(Nc2ncnc3cccc(F)c23)CC1. The lowest BCUT2D eigenvalue weighted by Crippen LogP contribution is -2.43. The number of carbonyl (C=O) groups excluding carboxylic acids is 1. The summed E-state index contributed by atoms with van der Waals surface area (Å²) in [5.74, 6) is -0.113. The van der Waals surface area contributed by atoms with Gasteiger partial charge in [-0.15, -0.1) is 0 Å². The van der Waals surface area contributed by atoms with E-state index in [1.165, 1.54) is 12.4 Å². The van der Waals surface area contributed by atoms with Gasteiger partial charge in [-0.2, -0.15) is 0 Å². The summed E-state index contributed by atoms with van der Waals surface area (Å²) in [4.78, 5) is 21.2. The number of rotatable bonds is 4. The Bertz CT molecular complexity index is 679. The van der Waals surface area contributed by atoms with E-state index in [-0.39, 0.29) is 24.3 Å². The molecule has 0 bridgehead atoms. The molecule has 3 N–H and O–H groups in total. The zero-order chi connectivity index (χ0) is 15.5. The van der Waals surface area contributed by atoms with Gasteiger partial charge in [0.1, 0.15) is 18.0 Å². The molecule has 0 spiro atoms. The van der Waals surface area contributed by atoms with Gasteiger partial charge >= 0.3 is 0 Å². The molecule has 1 aliphatic heterocycles. The van der Waals surface area contributed by atoms with Gasteiger partial charge in [0.05, 0.1) is 17.4 Å². The molecule has 2 aromatic rings. The molecule has 1 saturated heterocycles. The molecule has 0 aliphatic carbocycles. The first-order valence-electron chi connectivity index (χ1n) is 7.30. The fourth-order valence-corrected chi connectivity index (χ4v) is 2.83. The second-order valence-corrected chi connectivity index (χ2v) is 5.52. The number of hydrogen-bond donors (Lipinski definition) is 2. The Morgan fingerprint density at radius 1 is 1.36 bits per heavy atom. The average Bonchev–Trinajstić information content (AvgIpc) is 2.49. The summed E-state index contributed by atoms with van der Waals surface area (Å²) in [5, 5.41) is 3.73. The molecule has 7 heteroatoms. The number of nitrogens with one attached hydrogen (secondary N) is 1. The average molecular weight is 303 g/mol. The van der Waals surface area contributed by atoms with Gasteiger partial charge in [-0.05, 0) is 25.0 Å². The third kappa shape index (κ3) is 3.14. The molecule has 116 valence electrons. The first-order valence-corrected chi connectivity index (χ1v) is 7.30. The summed E-state index contributed by atoms with van der Waals surface area (Å²) in [5.41, 5.74) is 5.79. The number of aromatic nitrogens is 2. The van der Waals surface area contributed by atoms with Crippen molar-refractivity contribution in [2.24, 2.45) is 5.73 Å². The highest BCUT2D eigenvalue weighted by Gasteiger charge is 2.21. The van der Waals surface area contributed by atoms with Crippen molar-refractivity contribution >= 4 is 22.6 Å². The summed E-state index contributed by atoms with van der Waals surface area (Å²) in [6.45, 7) is 1.86. The van der Waals surface area contributed by atoms with E-state index in [2.05, 4.69) is 15.3 Å². The highest BCUT2D eigenvalue weighted by molar-refractivity contribution is 5.89. The molecular formula is C15H18FN5O. The minimum absolute atomic E-state index is 0.196. The lowest BCUT2D eigenvalue weighted by molar-refractivity contribution is -0.119. The van der Waals surface area contributed by atoms with E-state index >= 15 is 0 Å². The largest absolute Gasteiger partial charge is 0.369 e. The Labute approximate surface area is 127 Å². The number of anilines is 1. The number of piperidine rings is 1. The minimum Gasteiger partial charge on any atom is -0.369 e. The number of amides is 1. The highest BCUT2D eigenvalue weighted by Crippen LogP contribution is 2.24. The van der Waals surface area contributed by atoms with E-state index in [0.29, 0.717) is 16.7 Å². The lowest BCUT2D eigenvalue weighted by Gasteiger charge is -2.31. The Kier molecular flexibility index (Phi) is 4.15. The van der Waals surface area contributed by atoms with Crippen LogP contribution in [0.4, 0.5) is 10.2 Å². The van der Waals surface area contributed by atoms with Gasteiger partial charge in [0, 0.05) is 19.1 Å². The molecule has 2 heterocycles. The normalized spacial score (nSPS) is 16.8. The molecule has 1 aromatic carbocycles. The molecule has 0 saturated carbocycles. The number of hydrogen-bond acceptors (Lipinski definition) is 5. The number of nitrogens with two attached hydrogens (primary N) is 1. The molecule has 1 amide bonds. The van der Waals surface area contributed by atoms with Crippen molar-refractivity contribution in [1.82, 2.24) is 14.9 Å². The van der Waals surface area contributed by atoms with Crippen LogP contribution in [0.25, 0.3) is 10.9 Å². The number of halogens is 1. The number of nitrogens with zero attached hydrogens (tertiary/aromatic N) is 3. The molecule has 1 fully saturated rings. The van der Waals surface area contributed by atoms with E-state index in [9.17, 15) is 9.18 Å². The van der Waals surface area contributed by atoms with Gasteiger partial charge in [-0.25, -0.2) is 14.4 Å². The van der Waals surface area contributed by atoms with Gasteiger partial charge in [0.15, 0.2) is 0 Å². The van der Waals surface area contributed by atoms with Crippen LogP contribution in [0.15, 0.2) is 24.5 Å². The standard InChI is InChI=1S/C15H18FN5O/c16-11-2-1-3-12-14(11)15(19-9-18-12)20-10-4-6-21(7-5-10)8-13(17)22/h1-3,9-10H,4-8H2,(H2,17,22)(H,18,19,20). The Balaban J connectivity index is 1.71. The molecular weight excluding hydrogens is 285 g/mol. The minimum atomic E-state index is -0.327. The molecule has 0 atom stereocenters. The monoisotopic (exact) mass is 303 g/mol. The summed E-state index contributed by atoms with van der Waals surface area (Å²) >= 11 is 0. The zero-order valence-corrected chi connectivity index (χ0v) is 12.1. The second-order valence-electron chi connectivity index (χ2n) is 5.52. The fraction of sp³-hybridized carbons (Fsp3) is 0.400. The van der Waals surface area contributed by atoms with E-state index < -0.39 is 0 Å². The number of likely N-dealkylation sites (tertiary alicyclic amines) is 1. The van der Waals surface area contributed by atoms with E-state index in [0.717, 1.165) is 25.9 Å². The van der Waals surface area contributed by atoms with Crippen LogP contribution in [0, 0.1) is 5.82 Å². The van der Waals surface area contributed by atoms with Crippen LogP contribution in [0.3, 0.4) is 0 Å². The van der Waals surface area contributed by atoms with Crippen molar-refractivity contribution in [3.05, 3.63) is 30.3 Å². The molecule has 0 unspecified atom stereocenters. The quantitative estimate of drug-likeness (QED) is 0.884. The van der Waals surface area contributed by atoms with Crippen LogP contribution >= 0.6 is 0 Å². The van der Waals surface area contributed by atoms with E-state index in [1.807, 2.05) is 4.90 Å². The van der Waals surface area contributed by atoms with Crippen LogP contribution in [0.5, 0.6) is 0 Å². The maximum atomic E-state index is 14.0. The van der Waals surface area contributed by atoms with Gasteiger partial charge < -0.3 is 11.1 Å². The third-order valence-electron chi connectivity index (χ3n) is 3.92. The van der Waals surface area contributed by atoms with E-state index in [1.54, 1.807) is 12.1 Å². The number of primary amides is 1. The van der Waals surface area contributed by atoms with Gasteiger partial charge in [-0.3, -0.25) is 9.69 Å². The van der Waals surface area contributed by atoms with Crippen molar-refractivity contribution in [3.63, 3.8) is 0 Å². The summed E-state index contributed by atoms with van der Waals surface area (Å²) in [6.07, 6.45) is 3.15.